The monoisotopic (exact) mass is 403 g/mol. The van der Waals surface area contributed by atoms with E-state index in [9.17, 15) is 13.2 Å². The lowest BCUT2D eigenvalue weighted by Crippen LogP contribution is -2.30. The first-order valence-electron chi connectivity index (χ1n) is 8.17. The first-order chi connectivity index (χ1) is 12.9. The van der Waals surface area contributed by atoms with Gasteiger partial charge in [0, 0.05) is 12.1 Å². The largest absolute Gasteiger partial charge is 0.382 e. The van der Waals surface area contributed by atoms with E-state index >= 15 is 0 Å². The van der Waals surface area contributed by atoms with Crippen LogP contribution in [0.5, 0.6) is 0 Å². The van der Waals surface area contributed by atoms with Gasteiger partial charge < -0.3 is 5.73 Å². The van der Waals surface area contributed by atoms with E-state index in [-0.39, 0.29) is 28.7 Å². The number of sulfonamides is 1. The van der Waals surface area contributed by atoms with Crippen molar-refractivity contribution in [1.82, 2.24) is 9.97 Å². The number of nitrogens with zero attached hydrogens (tertiary/aromatic N) is 4. The second-order valence-corrected chi connectivity index (χ2v) is 8.97. The molecular weight excluding hydrogens is 386 g/mol. The molecule has 1 aromatic heterocycles. The minimum Gasteiger partial charge on any atom is -0.382 e. The van der Waals surface area contributed by atoms with Crippen LogP contribution in [-0.2, 0) is 16.4 Å². The molecule has 10 heteroatoms. The highest BCUT2D eigenvalue weighted by atomic mass is 32.2. The Kier molecular flexibility index (Phi) is 5.34. The molecule has 0 radical (unpaired) electrons. The molecule has 0 saturated carbocycles. The highest BCUT2D eigenvalue weighted by Crippen LogP contribution is 2.31. The number of anilines is 2. The molecular formula is C17H17N5O3S2. The maximum Gasteiger partial charge on any atom is 0.234 e. The second-order valence-electron chi connectivity index (χ2n) is 5.84. The van der Waals surface area contributed by atoms with Crippen molar-refractivity contribution in [2.75, 3.05) is 28.1 Å². The lowest BCUT2D eigenvalue weighted by atomic mass is 10.1. The van der Waals surface area contributed by atoms with Crippen molar-refractivity contribution in [2.24, 2.45) is 0 Å². The molecule has 0 aliphatic carbocycles. The topological polar surface area (TPSA) is 130 Å². The van der Waals surface area contributed by atoms with Gasteiger partial charge in [0.2, 0.25) is 10.0 Å². The van der Waals surface area contributed by atoms with Crippen molar-refractivity contribution in [3.05, 3.63) is 41.1 Å². The maximum absolute atomic E-state index is 12.5. The van der Waals surface area contributed by atoms with Crippen LogP contribution in [0.4, 0.5) is 11.5 Å². The van der Waals surface area contributed by atoms with Crippen LogP contribution in [0, 0.1) is 11.3 Å². The number of hydrogen-bond acceptors (Lipinski definition) is 8. The van der Waals surface area contributed by atoms with Crippen molar-refractivity contribution in [3.8, 4) is 6.07 Å². The Morgan fingerprint density at radius 1 is 1.44 bits per heavy atom. The average molecular weight is 403 g/mol. The molecule has 0 saturated heterocycles. The summed E-state index contributed by atoms with van der Waals surface area (Å²) in [5.74, 6) is 0.113. The first kappa shape index (κ1) is 19.1. The molecule has 0 amide bonds. The summed E-state index contributed by atoms with van der Waals surface area (Å²) in [6.45, 7) is 2.01. The van der Waals surface area contributed by atoms with E-state index in [0.29, 0.717) is 29.4 Å². The van der Waals surface area contributed by atoms with Crippen LogP contribution in [0.2, 0.25) is 0 Å². The van der Waals surface area contributed by atoms with Crippen LogP contribution in [-0.4, -0.2) is 42.2 Å². The van der Waals surface area contributed by atoms with Gasteiger partial charge in [0.15, 0.2) is 10.9 Å². The molecule has 1 aromatic carbocycles. The number of nitrogen functional groups attached to an aromatic ring is 1. The number of benzene rings is 1. The SMILES string of the molecule is CCS(=O)(=O)N1CCc2cc(C(=O)CSc3ncc(C#N)c(N)n3)ccc21. The normalized spacial score (nSPS) is 13.3. The Bertz CT molecular complexity index is 1050. The average Bonchev–Trinajstić information content (AvgIpc) is 3.10. The summed E-state index contributed by atoms with van der Waals surface area (Å²) in [4.78, 5) is 20.5. The summed E-state index contributed by atoms with van der Waals surface area (Å²) in [7, 11) is -3.31. The van der Waals surface area contributed by atoms with Crippen molar-refractivity contribution in [3.63, 3.8) is 0 Å². The van der Waals surface area contributed by atoms with Crippen LogP contribution in [0.3, 0.4) is 0 Å². The number of rotatable bonds is 6. The molecule has 2 aromatic rings. The molecule has 140 valence electrons. The number of Topliss-reactive ketones (excluding diaryl/α,β-unsaturated/α-hetero) is 1. The highest BCUT2D eigenvalue weighted by Gasteiger charge is 2.28. The molecule has 2 N–H and O–H groups in total. The molecule has 1 aliphatic heterocycles. The zero-order valence-corrected chi connectivity index (χ0v) is 16.2. The van der Waals surface area contributed by atoms with Gasteiger partial charge in [-0.25, -0.2) is 18.4 Å². The fourth-order valence-electron chi connectivity index (χ4n) is 2.74. The number of aromatic nitrogens is 2. The number of carbonyl (C=O) groups is 1. The van der Waals surface area contributed by atoms with Gasteiger partial charge in [-0.1, -0.05) is 11.8 Å². The van der Waals surface area contributed by atoms with Crippen LogP contribution in [0.15, 0.2) is 29.6 Å². The van der Waals surface area contributed by atoms with Crippen LogP contribution in [0.1, 0.15) is 28.4 Å². The standard InChI is InChI=1S/C17H17N5O3S2/c1-2-27(24,25)22-6-5-11-7-12(3-4-14(11)22)15(23)10-26-17-20-9-13(8-18)16(19)21-17/h3-4,7,9H,2,5-6,10H2,1H3,(H2,19,20,21). The van der Waals surface area contributed by atoms with E-state index in [2.05, 4.69) is 9.97 Å². The molecule has 2 heterocycles. The Labute approximate surface area is 161 Å². The Hall–Kier alpha value is -2.64. The van der Waals surface area contributed by atoms with Gasteiger partial charge in [0.25, 0.3) is 0 Å². The van der Waals surface area contributed by atoms with E-state index in [4.69, 9.17) is 11.0 Å². The van der Waals surface area contributed by atoms with Gasteiger partial charge in [0.05, 0.1) is 23.4 Å². The third-order valence-electron chi connectivity index (χ3n) is 4.20. The molecule has 1 aliphatic rings. The minimum atomic E-state index is -3.31. The number of thioether (sulfide) groups is 1. The van der Waals surface area contributed by atoms with E-state index in [1.807, 2.05) is 6.07 Å². The third-order valence-corrected chi connectivity index (χ3v) is 6.85. The highest BCUT2D eigenvalue weighted by molar-refractivity contribution is 7.99. The molecule has 27 heavy (non-hydrogen) atoms. The number of fused-ring (bicyclic) bond motifs is 1. The predicted molar refractivity (Wildman–Crippen MR) is 103 cm³/mol. The predicted octanol–water partition coefficient (Wildman–Crippen LogP) is 1.62. The summed E-state index contributed by atoms with van der Waals surface area (Å²) in [6, 6.07) is 6.95. The van der Waals surface area contributed by atoms with Crippen LogP contribution in [0.25, 0.3) is 0 Å². The molecule has 0 bridgehead atoms. The number of ketones is 1. The summed E-state index contributed by atoms with van der Waals surface area (Å²) >= 11 is 1.13. The zero-order chi connectivity index (χ0) is 19.6. The maximum atomic E-state index is 12.5. The molecule has 8 nitrogen and oxygen atoms in total. The molecule has 0 fully saturated rings. The molecule has 0 spiro atoms. The fraction of sp³-hybridized carbons (Fsp3) is 0.294. The number of carbonyl (C=O) groups excluding carboxylic acids is 1. The molecule has 3 rings (SSSR count). The van der Waals surface area contributed by atoms with E-state index in [1.165, 1.54) is 10.5 Å². The van der Waals surface area contributed by atoms with E-state index < -0.39 is 10.0 Å². The van der Waals surface area contributed by atoms with Crippen molar-refractivity contribution in [1.29, 1.82) is 5.26 Å². The van der Waals surface area contributed by atoms with Crippen molar-refractivity contribution < 1.29 is 13.2 Å². The lowest BCUT2D eigenvalue weighted by Gasteiger charge is -2.18. The second kappa shape index (κ2) is 7.54. The summed E-state index contributed by atoms with van der Waals surface area (Å²) in [5, 5.41) is 9.15. The van der Waals surface area contributed by atoms with E-state index in [1.54, 1.807) is 25.1 Å². The van der Waals surface area contributed by atoms with Gasteiger partial charge in [0.1, 0.15) is 17.5 Å². The van der Waals surface area contributed by atoms with Crippen molar-refractivity contribution >= 4 is 39.1 Å². The minimum absolute atomic E-state index is 0.0392. The van der Waals surface area contributed by atoms with E-state index in [0.717, 1.165) is 17.3 Å². The third kappa shape index (κ3) is 3.89. The molecule has 0 unspecified atom stereocenters. The zero-order valence-electron chi connectivity index (χ0n) is 14.5. The Morgan fingerprint density at radius 2 is 2.22 bits per heavy atom. The first-order valence-corrected chi connectivity index (χ1v) is 10.8. The lowest BCUT2D eigenvalue weighted by molar-refractivity contribution is 0.102. The number of nitriles is 1. The smallest absolute Gasteiger partial charge is 0.234 e. The van der Waals surface area contributed by atoms with Gasteiger partial charge in [-0.15, -0.1) is 0 Å². The summed E-state index contributed by atoms with van der Waals surface area (Å²) in [5.41, 5.74) is 7.84. The summed E-state index contributed by atoms with van der Waals surface area (Å²) in [6.07, 6.45) is 1.91. The molecule has 0 atom stereocenters. The Morgan fingerprint density at radius 3 is 2.89 bits per heavy atom. The van der Waals surface area contributed by atoms with Crippen molar-refractivity contribution in [2.45, 2.75) is 18.5 Å². The van der Waals surface area contributed by atoms with Gasteiger partial charge in [-0.05, 0) is 37.1 Å². The summed E-state index contributed by atoms with van der Waals surface area (Å²) < 4.78 is 25.7. The van der Waals surface area contributed by atoms with Crippen LogP contribution >= 0.6 is 11.8 Å². The fourth-order valence-corrected chi connectivity index (χ4v) is 4.61. The van der Waals surface area contributed by atoms with Crippen LogP contribution < -0.4 is 10.0 Å². The van der Waals surface area contributed by atoms with Gasteiger partial charge in [-0.3, -0.25) is 9.10 Å². The number of hydrogen-bond donors (Lipinski definition) is 1. The van der Waals surface area contributed by atoms with Gasteiger partial charge >= 0.3 is 0 Å². The Balaban J connectivity index is 1.72. The number of nitrogens with two attached hydrogens (primary N) is 1. The quantitative estimate of drug-likeness (QED) is 0.437. The van der Waals surface area contributed by atoms with Gasteiger partial charge in [-0.2, -0.15) is 5.26 Å².